The van der Waals surface area contributed by atoms with Gasteiger partial charge < -0.3 is 9.84 Å². The Balaban J connectivity index is 2.19. The monoisotopic (exact) mass is 234 g/mol. The van der Waals surface area contributed by atoms with E-state index in [9.17, 15) is 9.90 Å². The Morgan fingerprint density at radius 2 is 2.06 bits per heavy atom. The molecule has 2 atom stereocenters. The predicted octanol–water partition coefficient (Wildman–Crippen LogP) is 2.35. The molecule has 0 saturated carbocycles. The summed E-state index contributed by atoms with van der Waals surface area (Å²) < 4.78 is 5.62. The molecule has 0 bridgehead atoms. The fourth-order valence-electron chi connectivity index (χ4n) is 2.01. The molecule has 0 fully saturated rings. The third-order valence-electron chi connectivity index (χ3n) is 3.23. The average Bonchev–Trinajstić information content (AvgIpc) is 2.29. The second-order valence-corrected chi connectivity index (χ2v) is 4.66. The SMILES string of the molecule is CC(O)C(C)Oc1ccc2c(c1)CCCC2=O. The van der Waals surface area contributed by atoms with Crippen molar-refractivity contribution >= 4 is 5.78 Å². The van der Waals surface area contributed by atoms with Crippen molar-refractivity contribution in [3.63, 3.8) is 0 Å². The molecule has 1 aromatic carbocycles. The lowest BCUT2D eigenvalue weighted by Crippen LogP contribution is -2.25. The zero-order valence-corrected chi connectivity index (χ0v) is 10.3. The lowest BCUT2D eigenvalue weighted by molar-refractivity contribution is 0.0603. The Morgan fingerprint density at radius 1 is 1.29 bits per heavy atom. The Bertz CT molecular complexity index is 423. The molecule has 1 aromatic rings. The number of hydrogen-bond acceptors (Lipinski definition) is 3. The largest absolute Gasteiger partial charge is 0.488 e. The van der Waals surface area contributed by atoms with Crippen molar-refractivity contribution in [1.82, 2.24) is 0 Å². The molecule has 1 aliphatic carbocycles. The zero-order chi connectivity index (χ0) is 12.4. The van der Waals surface area contributed by atoms with Gasteiger partial charge in [-0.3, -0.25) is 4.79 Å². The van der Waals surface area contributed by atoms with Crippen LogP contribution < -0.4 is 4.74 Å². The summed E-state index contributed by atoms with van der Waals surface area (Å²) >= 11 is 0. The van der Waals surface area contributed by atoms with Crippen LogP contribution in [0.5, 0.6) is 5.75 Å². The summed E-state index contributed by atoms with van der Waals surface area (Å²) in [5, 5.41) is 9.38. The highest BCUT2D eigenvalue weighted by atomic mass is 16.5. The second-order valence-electron chi connectivity index (χ2n) is 4.66. The van der Waals surface area contributed by atoms with Gasteiger partial charge in [0, 0.05) is 12.0 Å². The lowest BCUT2D eigenvalue weighted by Gasteiger charge is -2.20. The average molecular weight is 234 g/mol. The van der Waals surface area contributed by atoms with Gasteiger partial charge in [0.2, 0.25) is 0 Å². The van der Waals surface area contributed by atoms with Gasteiger partial charge in [-0.15, -0.1) is 0 Å². The molecule has 1 aliphatic rings. The highest BCUT2D eigenvalue weighted by Crippen LogP contribution is 2.26. The number of aliphatic hydroxyl groups is 1. The molecule has 0 heterocycles. The van der Waals surface area contributed by atoms with Crippen LogP contribution in [0.25, 0.3) is 0 Å². The number of rotatable bonds is 3. The van der Waals surface area contributed by atoms with Gasteiger partial charge in [0.25, 0.3) is 0 Å². The molecule has 0 aliphatic heterocycles. The summed E-state index contributed by atoms with van der Waals surface area (Å²) in [5.74, 6) is 0.952. The molecule has 2 unspecified atom stereocenters. The van der Waals surface area contributed by atoms with Crippen LogP contribution in [0.1, 0.15) is 42.6 Å². The number of benzene rings is 1. The molecule has 92 valence electrons. The van der Waals surface area contributed by atoms with Gasteiger partial charge in [-0.25, -0.2) is 0 Å². The topological polar surface area (TPSA) is 46.5 Å². The van der Waals surface area contributed by atoms with Crippen LogP contribution in [0.15, 0.2) is 18.2 Å². The number of Topliss-reactive ketones (excluding diaryl/α,β-unsaturated/α-hetero) is 1. The summed E-state index contributed by atoms with van der Waals surface area (Å²) in [6.45, 7) is 3.53. The van der Waals surface area contributed by atoms with E-state index >= 15 is 0 Å². The number of aryl methyl sites for hydroxylation is 1. The molecule has 17 heavy (non-hydrogen) atoms. The van der Waals surface area contributed by atoms with Crippen molar-refractivity contribution in [2.75, 3.05) is 0 Å². The molecule has 0 amide bonds. The molecule has 0 radical (unpaired) electrons. The van der Waals surface area contributed by atoms with E-state index in [0.29, 0.717) is 6.42 Å². The van der Waals surface area contributed by atoms with E-state index in [1.54, 1.807) is 13.0 Å². The molecule has 0 spiro atoms. The first-order chi connectivity index (χ1) is 8.08. The molecule has 0 aromatic heterocycles. The Labute approximate surface area is 101 Å². The van der Waals surface area contributed by atoms with E-state index in [2.05, 4.69) is 0 Å². The third kappa shape index (κ3) is 2.67. The fourth-order valence-corrected chi connectivity index (χ4v) is 2.01. The Morgan fingerprint density at radius 3 is 2.76 bits per heavy atom. The van der Waals surface area contributed by atoms with Gasteiger partial charge >= 0.3 is 0 Å². The Hall–Kier alpha value is -1.35. The van der Waals surface area contributed by atoms with Crippen LogP contribution in [-0.2, 0) is 6.42 Å². The normalized spacial score (nSPS) is 18.4. The van der Waals surface area contributed by atoms with Gasteiger partial charge in [0.1, 0.15) is 11.9 Å². The maximum atomic E-state index is 11.6. The van der Waals surface area contributed by atoms with Crippen LogP contribution in [0.2, 0.25) is 0 Å². The van der Waals surface area contributed by atoms with E-state index in [-0.39, 0.29) is 11.9 Å². The van der Waals surface area contributed by atoms with Crippen molar-refractivity contribution in [2.24, 2.45) is 0 Å². The van der Waals surface area contributed by atoms with Crippen molar-refractivity contribution in [3.8, 4) is 5.75 Å². The second kappa shape index (κ2) is 4.88. The highest BCUT2D eigenvalue weighted by molar-refractivity contribution is 5.98. The number of ether oxygens (including phenoxy) is 1. The van der Waals surface area contributed by atoms with Crippen LogP contribution in [0.4, 0.5) is 0 Å². The van der Waals surface area contributed by atoms with Crippen LogP contribution in [-0.4, -0.2) is 23.1 Å². The number of aliphatic hydroxyl groups excluding tert-OH is 1. The summed E-state index contributed by atoms with van der Waals surface area (Å²) in [6, 6.07) is 5.56. The smallest absolute Gasteiger partial charge is 0.163 e. The van der Waals surface area contributed by atoms with Crippen molar-refractivity contribution < 1.29 is 14.6 Å². The first-order valence-electron chi connectivity index (χ1n) is 6.09. The lowest BCUT2D eigenvalue weighted by atomic mass is 9.90. The predicted molar refractivity (Wildman–Crippen MR) is 65.5 cm³/mol. The van der Waals surface area contributed by atoms with Gasteiger partial charge in [-0.1, -0.05) is 0 Å². The molecule has 3 heteroatoms. The summed E-state index contributed by atoms with van der Waals surface area (Å²) in [4.78, 5) is 11.6. The molecule has 2 rings (SSSR count). The zero-order valence-electron chi connectivity index (χ0n) is 10.3. The van der Waals surface area contributed by atoms with E-state index in [1.165, 1.54) is 0 Å². The molecular formula is C14H18O3. The quantitative estimate of drug-likeness (QED) is 0.873. The fraction of sp³-hybridized carbons (Fsp3) is 0.500. The third-order valence-corrected chi connectivity index (χ3v) is 3.23. The van der Waals surface area contributed by atoms with Crippen LogP contribution >= 0.6 is 0 Å². The summed E-state index contributed by atoms with van der Waals surface area (Å²) in [7, 11) is 0. The standard InChI is InChI=1S/C14H18O3/c1-9(15)10(2)17-12-6-7-13-11(8-12)4-3-5-14(13)16/h6-10,15H,3-5H2,1-2H3. The van der Waals surface area contributed by atoms with E-state index in [0.717, 1.165) is 29.7 Å². The first-order valence-corrected chi connectivity index (χ1v) is 6.09. The Kier molecular flexibility index (Phi) is 3.48. The van der Waals surface area contributed by atoms with Crippen LogP contribution in [0.3, 0.4) is 0 Å². The maximum absolute atomic E-state index is 11.6. The van der Waals surface area contributed by atoms with E-state index in [4.69, 9.17) is 4.74 Å². The van der Waals surface area contributed by atoms with E-state index < -0.39 is 6.10 Å². The number of hydrogen-bond donors (Lipinski definition) is 1. The summed E-state index contributed by atoms with van der Waals surface area (Å²) in [5.41, 5.74) is 1.89. The van der Waals surface area contributed by atoms with Crippen LogP contribution in [0, 0.1) is 0 Å². The number of carbonyl (C=O) groups is 1. The minimum absolute atomic E-state index is 0.223. The van der Waals surface area contributed by atoms with Crippen molar-refractivity contribution in [3.05, 3.63) is 29.3 Å². The minimum Gasteiger partial charge on any atom is -0.488 e. The minimum atomic E-state index is -0.507. The molecule has 0 saturated heterocycles. The van der Waals surface area contributed by atoms with Gasteiger partial charge in [0.15, 0.2) is 5.78 Å². The van der Waals surface area contributed by atoms with Crippen molar-refractivity contribution in [1.29, 1.82) is 0 Å². The number of fused-ring (bicyclic) bond motifs is 1. The number of ketones is 1. The van der Waals surface area contributed by atoms with E-state index in [1.807, 2.05) is 19.1 Å². The number of carbonyl (C=O) groups excluding carboxylic acids is 1. The van der Waals surface area contributed by atoms with Gasteiger partial charge in [-0.2, -0.15) is 0 Å². The summed E-state index contributed by atoms with van der Waals surface area (Å²) in [6.07, 6.45) is 1.75. The maximum Gasteiger partial charge on any atom is 0.163 e. The molecule has 1 N–H and O–H groups in total. The molecule has 3 nitrogen and oxygen atoms in total. The highest BCUT2D eigenvalue weighted by Gasteiger charge is 2.18. The van der Waals surface area contributed by atoms with Gasteiger partial charge in [-0.05, 0) is 50.5 Å². The van der Waals surface area contributed by atoms with Gasteiger partial charge in [0.05, 0.1) is 6.10 Å². The molecular weight excluding hydrogens is 216 g/mol. The van der Waals surface area contributed by atoms with Crippen molar-refractivity contribution in [2.45, 2.75) is 45.3 Å². The first kappa shape index (κ1) is 12.1.